The van der Waals surface area contributed by atoms with Gasteiger partial charge in [-0.25, -0.2) is 9.37 Å². The van der Waals surface area contributed by atoms with Crippen LogP contribution < -0.4 is 4.74 Å². The Kier molecular flexibility index (Phi) is 6.29. The van der Waals surface area contributed by atoms with Gasteiger partial charge < -0.3 is 9.64 Å². The third-order valence-electron chi connectivity index (χ3n) is 3.67. The highest BCUT2D eigenvalue weighted by atomic mass is 19.1. The van der Waals surface area contributed by atoms with E-state index in [0.717, 1.165) is 18.9 Å². The van der Waals surface area contributed by atoms with Crippen LogP contribution in [0.1, 0.15) is 42.1 Å². The van der Waals surface area contributed by atoms with E-state index in [1.165, 1.54) is 29.5 Å². The highest BCUT2D eigenvalue weighted by Crippen LogP contribution is 2.23. The number of rotatable bonds is 7. The van der Waals surface area contributed by atoms with E-state index in [1.807, 2.05) is 12.1 Å². The van der Waals surface area contributed by atoms with Crippen molar-refractivity contribution in [3.8, 4) is 11.6 Å². The maximum absolute atomic E-state index is 14.1. The van der Waals surface area contributed by atoms with Crippen LogP contribution >= 0.6 is 0 Å². The molecule has 0 N–H and O–H groups in total. The Hall–Kier alpha value is -2.43. The van der Waals surface area contributed by atoms with E-state index >= 15 is 0 Å². The number of ether oxygens (including phenoxy) is 1. The fourth-order valence-electron chi connectivity index (χ4n) is 2.29. The molecule has 0 bridgehead atoms. The number of amides is 1. The maximum Gasteiger partial charge on any atom is 0.255 e. The van der Waals surface area contributed by atoms with Gasteiger partial charge in [-0.3, -0.25) is 4.79 Å². The number of unbranched alkanes of at least 4 members (excludes halogenated alkanes) is 2. The van der Waals surface area contributed by atoms with Crippen molar-refractivity contribution >= 4 is 5.91 Å². The number of aromatic nitrogens is 1. The molecule has 0 aliphatic rings. The van der Waals surface area contributed by atoms with Gasteiger partial charge in [0.1, 0.15) is 5.75 Å². The number of pyridine rings is 1. The summed E-state index contributed by atoms with van der Waals surface area (Å²) in [4.78, 5) is 17.1. The lowest BCUT2D eigenvalue weighted by Gasteiger charge is -2.11. The maximum atomic E-state index is 14.1. The minimum Gasteiger partial charge on any atom is -0.436 e. The van der Waals surface area contributed by atoms with Crippen molar-refractivity contribution in [1.29, 1.82) is 0 Å². The molecule has 5 heteroatoms. The van der Waals surface area contributed by atoms with Gasteiger partial charge in [-0.2, -0.15) is 0 Å². The largest absolute Gasteiger partial charge is 0.436 e. The Bertz CT molecular complexity index is 684. The zero-order valence-corrected chi connectivity index (χ0v) is 14.4. The zero-order chi connectivity index (χ0) is 17.5. The van der Waals surface area contributed by atoms with Gasteiger partial charge >= 0.3 is 0 Å². The molecule has 0 aliphatic carbocycles. The van der Waals surface area contributed by atoms with Gasteiger partial charge in [0.2, 0.25) is 0 Å². The summed E-state index contributed by atoms with van der Waals surface area (Å²) < 4.78 is 19.6. The molecule has 2 aromatic rings. The van der Waals surface area contributed by atoms with Crippen LogP contribution in [0.15, 0.2) is 36.5 Å². The highest BCUT2D eigenvalue weighted by Gasteiger charge is 2.14. The van der Waals surface area contributed by atoms with Gasteiger partial charge in [0.15, 0.2) is 5.82 Å². The molecule has 4 nitrogen and oxygen atoms in total. The van der Waals surface area contributed by atoms with Crippen LogP contribution in [0, 0.1) is 5.82 Å². The Morgan fingerprint density at radius 2 is 1.92 bits per heavy atom. The first-order valence-corrected chi connectivity index (χ1v) is 8.15. The van der Waals surface area contributed by atoms with Crippen molar-refractivity contribution in [2.45, 2.75) is 32.6 Å². The van der Waals surface area contributed by atoms with Gasteiger partial charge in [-0.1, -0.05) is 31.9 Å². The third-order valence-corrected chi connectivity index (χ3v) is 3.67. The summed E-state index contributed by atoms with van der Waals surface area (Å²) in [6.07, 6.45) is 5.92. The molecule has 0 fully saturated rings. The van der Waals surface area contributed by atoms with Crippen LogP contribution in [0.4, 0.5) is 4.39 Å². The van der Waals surface area contributed by atoms with Gasteiger partial charge in [0, 0.05) is 20.3 Å². The van der Waals surface area contributed by atoms with Crippen LogP contribution in [0.5, 0.6) is 11.6 Å². The van der Waals surface area contributed by atoms with E-state index in [4.69, 9.17) is 4.74 Å². The molecule has 1 aromatic carbocycles. The minimum absolute atomic E-state index is 0.135. The number of hydrogen-bond donors (Lipinski definition) is 0. The van der Waals surface area contributed by atoms with E-state index < -0.39 is 5.82 Å². The fourth-order valence-corrected chi connectivity index (χ4v) is 2.29. The molecule has 0 radical (unpaired) electrons. The lowest BCUT2D eigenvalue weighted by Crippen LogP contribution is -2.22. The van der Waals surface area contributed by atoms with Crippen LogP contribution in [-0.2, 0) is 6.42 Å². The highest BCUT2D eigenvalue weighted by molar-refractivity contribution is 5.93. The Morgan fingerprint density at radius 3 is 2.50 bits per heavy atom. The number of hydrogen-bond acceptors (Lipinski definition) is 3. The summed E-state index contributed by atoms with van der Waals surface area (Å²) in [5, 5.41) is 0. The second-order valence-corrected chi connectivity index (χ2v) is 5.91. The first-order chi connectivity index (χ1) is 11.5. The van der Waals surface area contributed by atoms with E-state index in [-0.39, 0.29) is 17.4 Å². The van der Waals surface area contributed by atoms with Crippen molar-refractivity contribution in [3.63, 3.8) is 0 Å². The first kappa shape index (κ1) is 17.9. The number of aryl methyl sites for hydroxylation is 1. The summed E-state index contributed by atoms with van der Waals surface area (Å²) in [7, 11) is 3.21. The summed E-state index contributed by atoms with van der Waals surface area (Å²) in [6, 6.07) is 8.71. The summed E-state index contributed by atoms with van der Waals surface area (Å²) >= 11 is 0. The molecule has 2 rings (SSSR count). The Labute approximate surface area is 142 Å². The van der Waals surface area contributed by atoms with Crippen LogP contribution in [0.3, 0.4) is 0 Å². The molecule has 128 valence electrons. The average molecular weight is 330 g/mol. The molecule has 0 unspecified atom stereocenters. The summed E-state index contributed by atoms with van der Waals surface area (Å²) in [6.45, 7) is 2.18. The van der Waals surface area contributed by atoms with Crippen LogP contribution in [0.2, 0.25) is 0 Å². The Morgan fingerprint density at radius 1 is 1.21 bits per heavy atom. The molecule has 1 aromatic heterocycles. The average Bonchev–Trinajstić information content (AvgIpc) is 2.57. The van der Waals surface area contributed by atoms with Crippen molar-refractivity contribution in [1.82, 2.24) is 9.88 Å². The van der Waals surface area contributed by atoms with Gasteiger partial charge in [-0.15, -0.1) is 0 Å². The van der Waals surface area contributed by atoms with Crippen molar-refractivity contribution in [2.75, 3.05) is 14.1 Å². The van der Waals surface area contributed by atoms with Crippen molar-refractivity contribution < 1.29 is 13.9 Å². The van der Waals surface area contributed by atoms with Gasteiger partial charge in [0.25, 0.3) is 11.8 Å². The van der Waals surface area contributed by atoms with Gasteiger partial charge in [0.05, 0.1) is 5.56 Å². The number of halogens is 1. The lowest BCUT2D eigenvalue weighted by atomic mass is 10.1. The van der Waals surface area contributed by atoms with Gasteiger partial charge in [-0.05, 0) is 36.6 Å². The molecule has 24 heavy (non-hydrogen) atoms. The van der Waals surface area contributed by atoms with E-state index in [1.54, 1.807) is 26.2 Å². The molecule has 0 spiro atoms. The predicted octanol–water partition coefficient (Wildman–Crippen LogP) is 4.45. The van der Waals surface area contributed by atoms with E-state index in [9.17, 15) is 9.18 Å². The zero-order valence-electron chi connectivity index (χ0n) is 14.4. The second-order valence-electron chi connectivity index (χ2n) is 5.91. The molecule has 1 amide bonds. The normalized spacial score (nSPS) is 10.5. The third kappa shape index (κ3) is 4.78. The quantitative estimate of drug-likeness (QED) is 0.705. The smallest absolute Gasteiger partial charge is 0.255 e. The standard InChI is InChI=1S/C19H23FN2O2/c1-4-5-6-7-14-8-10-16(11-9-14)24-18-17(20)12-15(13-21-18)19(23)22(2)3/h8-13H,4-7H2,1-3H3. The monoisotopic (exact) mass is 330 g/mol. The Balaban J connectivity index is 2.04. The molecular formula is C19H23FN2O2. The van der Waals surface area contributed by atoms with Crippen LogP contribution in [-0.4, -0.2) is 29.9 Å². The number of nitrogens with zero attached hydrogens (tertiary/aromatic N) is 2. The van der Waals surface area contributed by atoms with Crippen LogP contribution in [0.25, 0.3) is 0 Å². The van der Waals surface area contributed by atoms with Crippen molar-refractivity contribution in [3.05, 3.63) is 53.5 Å². The van der Waals surface area contributed by atoms with Crippen molar-refractivity contribution in [2.24, 2.45) is 0 Å². The second kappa shape index (κ2) is 8.43. The lowest BCUT2D eigenvalue weighted by molar-refractivity contribution is 0.0826. The first-order valence-electron chi connectivity index (χ1n) is 8.15. The molecular weight excluding hydrogens is 307 g/mol. The molecule has 0 saturated heterocycles. The molecule has 0 saturated carbocycles. The number of carbonyl (C=O) groups is 1. The number of carbonyl (C=O) groups excluding carboxylic acids is 1. The summed E-state index contributed by atoms with van der Waals surface area (Å²) in [5.74, 6) is -0.574. The minimum atomic E-state index is -0.658. The molecule has 0 aliphatic heterocycles. The fraction of sp³-hybridized carbons (Fsp3) is 0.368. The molecule has 0 atom stereocenters. The SMILES string of the molecule is CCCCCc1ccc(Oc2ncc(C(=O)N(C)C)cc2F)cc1. The molecule has 1 heterocycles. The van der Waals surface area contributed by atoms with E-state index in [0.29, 0.717) is 5.75 Å². The predicted molar refractivity (Wildman–Crippen MR) is 92.0 cm³/mol. The topological polar surface area (TPSA) is 42.4 Å². The van der Waals surface area contributed by atoms with E-state index in [2.05, 4.69) is 11.9 Å². The summed E-state index contributed by atoms with van der Waals surface area (Å²) in [5.41, 5.74) is 1.42. The number of benzene rings is 1.